The number of rotatable bonds is 10. The predicted molar refractivity (Wildman–Crippen MR) is 119 cm³/mol. The van der Waals surface area contributed by atoms with Gasteiger partial charge in [0.25, 0.3) is 0 Å². The first-order chi connectivity index (χ1) is 13.8. The molecular formula is C22H29N5S. The van der Waals surface area contributed by atoms with Gasteiger partial charge in [-0.15, -0.1) is 22.0 Å². The summed E-state index contributed by atoms with van der Waals surface area (Å²) in [5, 5.41) is 14.8. The van der Waals surface area contributed by atoms with Gasteiger partial charge in [0, 0.05) is 34.8 Å². The van der Waals surface area contributed by atoms with Crippen molar-refractivity contribution in [2.24, 2.45) is 0 Å². The Labute approximate surface area is 171 Å². The number of tetrazole rings is 1. The van der Waals surface area contributed by atoms with Crippen LogP contribution in [0.25, 0.3) is 22.5 Å². The molecule has 148 valence electrons. The minimum absolute atomic E-state index is 0.641. The normalized spacial score (nSPS) is 11.0. The highest BCUT2D eigenvalue weighted by molar-refractivity contribution is 7.98. The van der Waals surface area contributed by atoms with Gasteiger partial charge >= 0.3 is 0 Å². The monoisotopic (exact) mass is 395 g/mol. The number of aromatic amines is 1. The van der Waals surface area contributed by atoms with Crippen LogP contribution in [0.2, 0.25) is 0 Å². The van der Waals surface area contributed by atoms with Crippen LogP contribution in [0.4, 0.5) is 5.69 Å². The fourth-order valence-corrected chi connectivity index (χ4v) is 4.04. The Kier molecular flexibility index (Phi) is 7.48. The number of nitrogens with one attached hydrogen (secondary N) is 1. The number of hydrogen-bond acceptors (Lipinski definition) is 5. The number of H-pyrrole nitrogens is 1. The van der Waals surface area contributed by atoms with Crippen LogP contribution in [0.1, 0.15) is 39.5 Å². The lowest BCUT2D eigenvalue weighted by atomic mass is 9.99. The van der Waals surface area contributed by atoms with Crippen molar-refractivity contribution in [3.8, 4) is 22.5 Å². The zero-order valence-electron chi connectivity index (χ0n) is 17.0. The Morgan fingerprint density at radius 1 is 0.964 bits per heavy atom. The Bertz CT molecular complexity index is 841. The molecule has 0 aliphatic heterocycles. The minimum Gasteiger partial charge on any atom is -0.371 e. The molecule has 6 heteroatoms. The Hall–Kier alpha value is -2.34. The molecule has 0 aliphatic rings. The summed E-state index contributed by atoms with van der Waals surface area (Å²) in [7, 11) is 0. The van der Waals surface area contributed by atoms with E-state index in [2.05, 4.69) is 88.1 Å². The van der Waals surface area contributed by atoms with E-state index < -0.39 is 0 Å². The summed E-state index contributed by atoms with van der Waals surface area (Å²) in [6, 6.07) is 15.1. The van der Waals surface area contributed by atoms with Gasteiger partial charge in [-0.05, 0) is 42.0 Å². The largest absolute Gasteiger partial charge is 0.371 e. The molecule has 0 fully saturated rings. The highest BCUT2D eigenvalue weighted by Crippen LogP contribution is 2.41. The standard InChI is InChI=1S/C22H29N5S/c1-4-6-13-27(14-7-5-2)19-15-18(22-23-25-26-24-22)16-20(28-3)21(19)17-11-9-8-10-12-17/h8-12,15-16H,4-7,13-14H2,1-3H3,(H,23,24,25,26). The number of nitrogens with zero attached hydrogens (tertiary/aromatic N) is 4. The van der Waals surface area contributed by atoms with E-state index in [1.807, 2.05) is 0 Å². The third-order valence-electron chi connectivity index (χ3n) is 4.87. The molecule has 0 bridgehead atoms. The maximum absolute atomic E-state index is 4.21. The molecule has 1 heterocycles. The second-order valence-electron chi connectivity index (χ2n) is 6.87. The van der Waals surface area contributed by atoms with E-state index in [0.29, 0.717) is 5.82 Å². The van der Waals surface area contributed by atoms with Crippen molar-refractivity contribution in [1.82, 2.24) is 20.6 Å². The van der Waals surface area contributed by atoms with Crippen molar-refractivity contribution in [3.05, 3.63) is 42.5 Å². The van der Waals surface area contributed by atoms with Gasteiger partial charge < -0.3 is 4.90 Å². The van der Waals surface area contributed by atoms with Crippen molar-refractivity contribution in [2.45, 2.75) is 44.4 Å². The van der Waals surface area contributed by atoms with E-state index in [1.165, 1.54) is 47.4 Å². The lowest BCUT2D eigenvalue weighted by Gasteiger charge is -2.29. The first kappa shape index (κ1) is 20.4. The number of anilines is 1. The molecule has 1 aromatic heterocycles. The quantitative estimate of drug-likeness (QED) is 0.449. The number of benzene rings is 2. The van der Waals surface area contributed by atoms with Crippen LogP contribution in [0.3, 0.4) is 0 Å². The first-order valence-corrected chi connectivity index (χ1v) is 11.3. The zero-order chi connectivity index (χ0) is 19.8. The average molecular weight is 396 g/mol. The number of unbranched alkanes of at least 4 members (excludes halogenated alkanes) is 2. The van der Waals surface area contributed by atoms with Crippen LogP contribution < -0.4 is 4.90 Å². The lowest BCUT2D eigenvalue weighted by molar-refractivity contribution is 0.678. The Morgan fingerprint density at radius 2 is 1.68 bits per heavy atom. The smallest absolute Gasteiger partial charge is 0.204 e. The van der Waals surface area contributed by atoms with Crippen LogP contribution in [0.15, 0.2) is 47.4 Å². The molecule has 2 aromatic carbocycles. The highest BCUT2D eigenvalue weighted by atomic mass is 32.2. The van der Waals surface area contributed by atoms with E-state index >= 15 is 0 Å². The molecule has 1 N–H and O–H groups in total. The molecule has 0 saturated heterocycles. The van der Waals surface area contributed by atoms with E-state index in [-0.39, 0.29) is 0 Å². The zero-order valence-corrected chi connectivity index (χ0v) is 17.8. The van der Waals surface area contributed by atoms with Gasteiger partial charge in [-0.2, -0.15) is 5.21 Å². The van der Waals surface area contributed by atoms with Gasteiger partial charge in [0.1, 0.15) is 0 Å². The summed E-state index contributed by atoms with van der Waals surface area (Å²) in [5.74, 6) is 0.641. The summed E-state index contributed by atoms with van der Waals surface area (Å²) in [6.07, 6.45) is 6.86. The summed E-state index contributed by atoms with van der Waals surface area (Å²) in [4.78, 5) is 3.78. The summed E-state index contributed by atoms with van der Waals surface area (Å²) in [6.45, 7) is 6.61. The third-order valence-corrected chi connectivity index (χ3v) is 5.63. The molecule has 5 nitrogen and oxygen atoms in total. The van der Waals surface area contributed by atoms with Crippen LogP contribution in [-0.2, 0) is 0 Å². The van der Waals surface area contributed by atoms with Crippen LogP contribution in [0, 0.1) is 0 Å². The van der Waals surface area contributed by atoms with Crippen molar-refractivity contribution in [2.75, 3.05) is 24.2 Å². The summed E-state index contributed by atoms with van der Waals surface area (Å²) < 4.78 is 0. The van der Waals surface area contributed by atoms with Crippen molar-refractivity contribution in [1.29, 1.82) is 0 Å². The average Bonchev–Trinajstić information content (AvgIpc) is 3.28. The Balaban J connectivity index is 2.18. The first-order valence-electron chi connectivity index (χ1n) is 10.0. The lowest BCUT2D eigenvalue weighted by Crippen LogP contribution is -2.26. The fraction of sp³-hybridized carbons (Fsp3) is 0.409. The van der Waals surface area contributed by atoms with Gasteiger partial charge in [0.15, 0.2) is 0 Å². The van der Waals surface area contributed by atoms with Crippen molar-refractivity contribution >= 4 is 17.4 Å². The van der Waals surface area contributed by atoms with Gasteiger partial charge in [0.05, 0.1) is 0 Å². The number of aromatic nitrogens is 4. The van der Waals surface area contributed by atoms with Gasteiger partial charge in [-0.3, -0.25) is 0 Å². The van der Waals surface area contributed by atoms with Crippen LogP contribution >= 0.6 is 11.8 Å². The van der Waals surface area contributed by atoms with Crippen molar-refractivity contribution < 1.29 is 0 Å². The van der Waals surface area contributed by atoms with E-state index in [4.69, 9.17) is 0 Å². The molecule has 0 spiro atoms. The molecule has 0 unspecified atom stereocenters. The van der Waals surface area contributed by atoms with Crippen LogP contribution in [-0.4, -0.2) is 40.0 Å². The number of hydrogen-bond donors (Lipinski definition) is 1. The van der Waals surface area contributed by atoms with E-state index in [9.17, 15) is 0 Å². The van der Waals surface area contributed by atoms with E-state index in [0.717, 1.165) is 18.7 Å². The maximum atomic E-state index is 4.21. The third kappa shape index (κ3) is 4.73. The molecular weight excluding hydrogens is 366 g/mol. The maximum Gasteiger partial charge on any atom is 0.204 e. The molecule has 0 aliphatic carbocycles. The molecule has 3 aromatic rings. The molecule has 0 amide bonds. The molecule has 3 rings (SSSR count). The second kappa shape index (κ2) is 10.3. The Morgan fingerprint density at radius 3 is 2.25 bits per heavy atom. The molecule has 0 saturated carbocycles. The number of thioether (sulfide) groups is 1. The molecule has 28 heavy (non-hydrogen) atoms. The van der Waals surface area contributed by atoms with Gasteiger partial charge in [-0.1, -0.05) is 57.0 Å². The SMILES string of the molecule is CCCCN(CCCC)c1cc(-c2nn[nH]n2)cc(SC)c1-c1ccccc1. The fourth-order valence-electron chi connectivity index (χ4n) is 3.37. The molecule has 0 radical (unpaired) electrons. The predicted octanol–water partition coefficient (Wildman–Crippen LogP) is 5.66. The highest BCUT2D eigenvalue weighted by Gasteiger charge is 2.19. The topological polar surface area (TPSA) is 57.7 Å². The second-order valence-corrected chi connectivity index (χ2v) is 7.72. The van der Waals surface area contributed by atoms with Gasteiger partial charge in [-0.25, -0.2) is 0 Å². The van der Waals surface area contributed by atoms with Gasteiger partial charge in [0.2, 0.25) is 5.82 Å². The molecule has 0 atom stereocenters. The summed E-state index contributed by atoms with van der Waals surface area (Å²) >= 11 is 1.77. The van der Waals surface area contributed by atoms with E-state index in [1.54, 1.807) is 11.8 Å². The minimum atomic E-state index is 0.641. The summed E-state index contributed by atoms with van der Waals surface area (Å²) in [5.41, 5.74) is 4.82. The van der Waals surface area contributed by atoms with Crippen LogP contribution in [0.5, 0.6) is 0 Å². The van der Waals surface area contributed by atoms with Crippen molar-refractivity contribution in [3.63, 3.8) is 0 Å².